The fourth-order valence-electron chi connectivity index (χ4n) is 6.24. The minimum absolute atomic E-state index is 0.142. The molecule has 0 aliphatic heterocycles. The van der Waals surface area contributed by atoms with Crippen molar-refractivity contribution in [3.63, 3.8) is 0 Å². The minimum atomic E-state index is -1.45. The van der Waals surface area contributed by atoms with Crippen molar-refractivity contribution in [1.29, 1.82) is 0 Å². The Bertz CT molecular complexity index is 3190. The number of aromatic nitrogens is 8. The lowest BCUT2D eigenvalue weighted by Gasteiger charge is -2.12. The Morgan fingerprint density at radius 2 is 0.983 bits per heavy atom. The average Bonchev–Trinajstić information content (AvgIpc) is 3.26. The van der Waals surface area contributed by atoms with Crippen LogP contribution in [0.5, 0.6) is 0 Å². The van der Waals surface area contributed by atoms with Crippen molar-refractivity contribution in [2.45, 2.75) is 0 Å². The van der Waals surface area contributed by atoms with E-state index in [1.165, 1.54) is 12.1 Å². The van der Waals surface area contributed by atoms with Gasteiger partial charge in [-0.1, -0.05) is 72.8 Å². The van der Waals surface area contributed by atoms with Gasteiger partial charge in [0.1, 0.15) is 11.3 Å². The highest BCUT2D eigenvalue weighted by atomic mass is 79.9. The summed E-state index contributed by atoms with van der Waals surface area (Å²) in [6, 6.07) is 41.3. The zero-order valence-corrected chi connectivity index (χ0v) is 31.9. The third-order valence-corrected chi connectivity index (χ3v) is 9.64. The Hall–Kier alpha value is -7.26. The van der Waals surface area contributed by atoms with Crippen molar-refractivity contribution in [1.82, 2.24) is 39.9 Å². The van der Waals surface area contributed by atoms with Gasteiger partial charge in [0.25, 0.3) is 0 Å². The number of pyridine rings is 4. The predicted octanol–water partition coefficient (Wildman–Crippen LogP) is 6.86. The molecule has 0 amide bonds. The molecular weight excluding hydrogens is 795 g/mol. The largest absolute Gasteiger partial charge is 0.488 e. The second-order valence-electron chi connectivity index (χ2n) is 12.9. The molecule has 0 fully saturated rings. The molecule has 0 aliphatic rings. The van der Waals surface area contributed by atoms with E-state index in [2.05, 4.69) is 56.9 Å². The highest BCUT2D eigenvalue weighted by Gasteiger charge is 2.14. The molecule has 0 saturated heterocycles. The van der Waals surface area contributed by atoms with E-state index in [1.807, 2.05) is 84.9 Å². The minimum Gasteiger partial charge on any atom is -0.423 e. The Morgan fingerprint density at radius 1 is 0.483 bits per heavy atom. The molecule has 14 heteroatoms. The molecule has 6 heterocycles. The molecule has 58 heavy (non-hydrogen) atoms. The summed E-state index contributed by atoms with van der Waals surface area (Å²) < 4.78 is 0.910. The predicted molar refractivity (Wildman–Crippen MR) is 231 cm³/mol. The van der Waals surface area contributed by atoms with E-state index >= 15 is 0 Å². The van der Waals surface area contributed by atoms with Gasteiger partial charge in [0, 0.05) is 68.9 Å². The van der Waals surface area contributed by atoms with Gasteiger partial charge in [-0.25, -0.2) is 9.97 Å². The van der Waals surface area contributed by atoms with Crippen LogP contribution in [0, 0.1) is 0 Å². The zero-order chi connectivity index (χ0) is 40.0. The lowest BCUT2D eigenvalue weighted by Crippen LogP contribution is -2.29. The Labute approximate surface area is 338 Å². The molecule has 4 aromatic carbocycles. The van der Waals surface area contributed by atoms with E-state index in [-0.39, 0.29) is 11.1 Å². The third kappa shape index (κ3) is 8.44. The molecule has 0 unspecified atom stereocenters. The number of hydrogen-bond donors (Lipinski definition) is 4. The smallest absolute Gasteiger partial charge is 0.423 e. The van der Waals surface area contributed by atoms with Crippen LogP contribution in [0.4, 0.5) is 0 Å². The van der Waals surface area contributed by atoms with E-state index in [0.717, 1.165) is 65.4 Å². The summed E-state index contributed by atoms with van der Waals surface area (Å²) in [7, 11) is -1.45. The molecule has 0 saturated carbocycles. The molecule has 0 radical (unpaired) electrons. The molecular formula is C44H30BBrN8O4. The van der Waals surface area contributed by atoms with Crippen LogP contribution < -0.4 is 16.6 Å². The molecule has 0 bridgehead atoms. The first kappa shape index (κ1) is 37.7. The number of benzene rings is 4. The van der Waals surface area contributed by atoms with Gasteiger partial charge >= 0.3 is 7.12 Å². The quantitative estimate of drug-likeness (QED) is 0.137. The standard InChI is InChI=1S/C22H14N4O.C14H9BrN2O.C8H7BN2O2/c27-20-9-7-16-12-17(15-6-8-18-19(13-15)24-11-10-23-18)21(26-22(16)25-20)14-4-2-1-3-5-14;15-11-8-10-6-7-12(18)16-14(10)17-13(11)9-4-2-1-3-5-9;12-9(13)6-1-2-7-8(5-6)11-4-3-10-7/h1-13H,(H,25,26,27);1-8H,(H,16,17,18);1-5,12-13H. The van der Waals surface area contributed by atoms with Crippen LogP contribution in [0.3, 0.4) is 0 Å². The summed E-state index contributed by atoms with van der Waals surface area (Å²) in [6.45, 7) is 0. The van der Waals surface area contributed by atoms with Gasteiger partial charge in [-0.3, -0.25) is 29.5 Å². The van der Waals surface area contributed by atoms with Crippen molar-refractivity contribution >= 4 is 72.6 Å². The van der Waals surface area contributed by atoms with Crippen LogP contribution in [0.1, 0.15) is 0 Å². The van der Waals surface area contributed by atoms with E-state index in [9.17, 15) is 9.59 Å². The van der Waals surface area contributed by atoms with Gasteiger partial charge in [0.2, 0.25) is 11.1 Å². The van der Waals surface area contributed by atoms with Crippen molar-refractivity contribution in [3.8, 4) is 33.6 Å². The molecule has 0 atom stereocenters. The zero-order valence-electron chi connectivity index (χ0n) is 30.4. The number of rotatable bonds is 4. The number of hydrogen-bond acceptors (Lipinski definition) is 10. The monoisotopic (exact) mass is 824 g/mol. The molecule has 0 aliphatic carbocycles. The maximum absolute atomic E-state index is 11.7. The molecule has 12 nitrogen and oxygen atoms in total. The normalized spacial score (nSPS) is 10.8. The summed E-state index contributed by atoms with van der Waals surface area (Å²) in [6.07, 6.45) is 6.53. The summed E-state index contributed by atoms with van der Waals surface area (Å²) in [4.78, 5) is 54.7. The molecule has 4 N–H and O–H groups in total. The molecule has 10 rings (SSSR count). The van der Waals surface area contributed by atoms with Gasteiger partial charge in [-0.05, 0) is 75.5 Å². The Balaban J connectivity index is 0.000000131. The van der Waals surface area contributed by atoms with E-state index in [4.69, 9.17) is 15.0 Å². The van der Waals surface area contributed by atoms with Crippen LogP contribution >= 0.6 is 15.9 Å². The second-order valence-corrected chi connectivity index (χ2v) is 13.7. The first-order valence-electron chi connectivity index (χ1n) is 17.9. The van der Waals surface area contributed by atoms with E-state index in [0.29, 0.717) is 22.3 Å². The van der Waals surface area contributed by atoms with Crippen LogP contribution in [0.15, 0.2) is 172 Å². The van der Waals surface area contributed by atoms with E-state index in [1.54, 1.807) is 55.1 Å². The Morgan fingerprint density at radius 3 is 1.57 bits per heavy atom. The number of nitrogens with zero attached hydrogens (tertiary/aromatic N) is 6. The van der Waals surface area contributed by atoms with Crippen LogP contribution in [-0.2, 0) is 0 Å². The van der Waals surface area contributed by atoms with Crippen molar-refractivity contribution in [2.75, 3.05) is 0 Å². The van der Waals surface area contributed by atoms with Crippen LogP contribution in [0.25, 0.3) is 77.8 Å². The molecule has 10 aromatic rings. The number of H-pyrrole nitrogens is 2. The van der Waals surface area contributed by atoms with Crippen molar-refractivity contribution in [3.05, 3.63) is 183 Å². The maximum Gasteiger partial charge on any atom is 0.488 e. The number of nitrogens with one attached hydrogen (secondary N) is 2. The summed E-state index contributed by atoms with van der Waals surface area (Å²) in [5, 5.41) is 19.6. The first-order chi connectivity index (χ1) is 28.3. The number of halogens is 1. The summed E-state index contributed by atoms with van der Waals surface area (Å²) in [5.41, 5.74) is 9.99. The van der Waals surface area contributed by atoms with Gasteiger partial charge in [0.05, 0.1) is 33.5 Å². The topological polar surface area (TPSA) is 184 Å². The van der Waals surface area contributed by atoms with E-state index < -0.39 is 7.12 Å². The third-order valence-electron chi connectivity index (χ3n) is 9.04. The summed E-state index contributed by atoms with van der Waals surface area (Å²) in [5.74, 6) is 0. The average molecular weight is 825 g/mol. The fourth-order valence-corrected chi connectivity index (χ4v) is 6.80. The SMILES string of the molecule is O=c1ccc2cc(-c3ccc4nccnc4c3)c(-c3ccccc3)nc2[nH]1.O=c1ccc2cc(Br)c(-c3ccccc3)nc2[nH]1.OB(O)c1ccc2nccnc2c1. The highest BCUT2D eigenvalue weighted by Crippen LogP contribution is 2.34. The van der Waals surface area contributed by atoms with Crippen molar-refractivity contribution in [2.24, 2.45) is 0 Å². The lowest BCUT2D eigenvalue weighted by atomic mass is 9.80. The van der Waals surface area contributed by atoms with Gasteiger partial charge in [-0.15, -0.1) is 0 Å². The number of fused-ring (bicyclic) bond motifs is 4. The molecule has 0 spiro atoms. The van der Waals surface area contributed by atoms with Crippen LogP contribution in [-0.4, -0.2) is 57.0 Å². The molecule has 6 aromatic heterocycles. The second kappa shape index (κ2) is 16.9. The van der Waals surface area contributed by atoms with Crippen LogP contribution in [0.2, 0.25) is 0 Å². The highest BCUT2D eigenvalue weighted by molar-refractivity contribution is 9.10. The summed E-state index contributed by atoms with van der Waals surface area (Å²) >= 11 is 3.52. The first-order valence-corrected chi connectivity index (χ1v) is 18.7. The van der Waals surface area contributed by atoms with Crippen molar-refractivity contribution < 1.29 is 10.0 Å². The van der Waals surface area contributed by atoms with Gasteiger partial charge in [-0.2, -0.15) is 0 Å². The van der Waals surface area contributed by atoms with Gasteiger partial charge in [0.15, 0.2) is 0 Å². The Kier molecular flexibility index (Phi) is 10.9. The lowest BCUT2D eigenvalue weighted by molar-refractivity contribution is 0.426. The number of aromatic amines is 2. The maximum atomic E-state index is 11.7. The molecule has 280 valence electrons. The van der Waals surface area contributed by atoms with Gasteiger partial charge < -0.3 is 20.0 Å². The fraction of sp³-hybridized carbons (Fsp3) is 0.